The minimum absolute atomic E-state index is 0.0629. The van der Waals surface area contributed by atoms with E-state index in [2.05, 4.69) is 15.5 Å². The highest BCUT2D eigenvalue weighted by molar-refractivity contribution is 5.85. The van der Waals surface area contributed by atoms with Gasteiger partial charge in [0, 0.05) is 13.2 Å². The highest BCUT2D eigenvalue weighted by atomic mass is 16.4. The Balaban J connectivity index is 1.89. The predicted molar refractivity (Wildman–Crippen MR) is 60.9 cm³/mol. The number of rotatable bonds is 6. The second-order valence-electron chi connectivity index (χ2n) is 4.44. The number of aliphatic hydroxyl groups excluding tert-OH is 1. The van der Waals surface area contributed by atoms with E-state index in [-0.39, 0.29) is 17.7 Å². The SMILES string of the molecule is O=C(O)c1ccc(NCC2(CCO)CC2)nn1. The van der Waals surface area contributed by atoms with Gasteiger partial charge in [-0.1, -0.05) is 0 Å². The predicted octanol–water partition coefficient (Wildman–Crippen LogP) is 0.749. The first-order valence-corrected chi connectivity index (χ1v) is 5.57. The molecule has 2 rings (SSSR count). The quantitative estimate of drug-likeness (QED) is 0.675. The lowest BCUT2D eigenvalue weighted by molar-refractivity contribution is 0.0689. The van der Waals surface area contributed by atoms with Crippen molar-refractivity contribution in [2.24, 2.45) is 5.41 Å². The van der Waals surface area contributed by atoms with Gasteiger partial charge in [-0.15, -0.1) is 10.2 Å². The van der Waals surface area contributed by atoms with Crippen LogP contribution < -0.4 is 5.32 Å². The molecule has 0 aliphatic heterocycles. The minimum atomic E-state index is -1.08. The van der Waals surface area contributed by atoms with Crippen molar-refractivity contribution in [3.63, 3.8) is 0 Å². The summed E-state index contributed by atoms with van der Waals surface area (Å²) in [5.41, 5.74) is 0.133. The van der Waals surface area contributed by atoms with E-state index < -0.39 is 5.97 Å². The van der Waals surface area contributed by atoms with Crippen LogP contribution in [-0.4, -0.2) is 39.5 Å². The van der Waals surface area contributed by atoms with Crippen LogP contribution in [0, 0.1) is 5.41 Å². The molecule has 17 heavy (non-hydrogen) atoms. The molecule has 0 amide bonds. The number of aromatic nitrogens is 2. The topological polar surface area (TPSA) is 95.3 Å². The van der Waals surface area contributed by atoms with Gasteiger partial charge in [0.1, 0.15) is 5.82 Å². The van der Waals surface area contributed by atoms with E-state index in [4.69, 9.17) is 10.2 Å². The van der Waals surface area contributed by atoms with Crippen LogP contribution in [0.1, 0.15) is 29.8 Å². The molecule has 0 saturated heterocycles. The summed E-state index contributed by atoms with van der Waals surface area (Å²) < 4.78 is 0. The van der Waals surface area contributed by atoms with Gasteiger partial charge in [0.2, 0.25) is 0 Å². The summed E-state index contributed by atoms with van der Waals surface area (Å²) in [6.07, 6.45) is 3.02. The van der Waals surface area contributed by atoms with Crippen LogP contribution in [-0.2, 0) is 0 Å². The first kappa shape index (κ1) is 11.8. The second kappa shape index (κ2) is 4.67. The molecule has 1 saturated carbocycles. The van der Waals surface area contributed by atoms with Crippen molar-refractivity contribution in [2.45, 2.75) is 19.3 Å². The molecule has 0 spiro atoms. The third-order valence-electron chi connectivity index (χ3n) is 3.13. The number of carbonyl (C=O) groups is 1. The number of aliphatic hydroxyl groups is 1. The summed E-state index contributed by atoms with van der Waals surface area (Å²) in [5, 5.41) is 28.1. The smallest absolute Gasteiger partial charge is 0.356 e. The maximum absolute atomic E-state index is 10.6. The molecule has 1 fully saturated rings. The Bertz CT molecular complexity index is 401. The largest absolute Gasteiger partial charge is 0.476 e. The average molecular weight is 237 g/mol. The Hall–Kier alpha value is -1.69. The Kier molecular flexibility index (Phi) is 3.23. The zero-order chi connectivity index (χ0) is 12.3. The van der Waals surface area contributed by atoms with Crippen molar-refractivity contribution < 1.29 is 15.0 Å². The molecular weight excluding hydrogens is 222 g/mol. The molecule has 0 atom stereocenters. The van der Waals surface area contributed by atoms with Gasteiger partial charge in [0.25, 0.3) is 0 Å². The summed E-state index contributed by atoms with van der Waals surface area (Å²) >= 11 is 0. The fourth-order valence-corrected chi connectivity index (χ4v) is 1.75. The lowest BCUT2D eigenvalue weighted by Gasteiger charge is -2.14. The second-order valence-corrected chi connectivity index (χ2v) is 4.44. The van der Waals surface area contributed by atoms with Crippen LogP contribution in [0.5, 0.6) is 0 Å². The molecule has 0 aromatic carbocycles. The van der Waals surface area contributed by atoms with Crippen LogP contribution >= 0.6 is 0 Å². The third-order valence-corrected chi connectivity index (χ3v) is 3.13. The van der Waals surface area contributed by atoms with Crippen molar-refractivity contribution in [1.29, 1.82) is 0 Å². The van der Waals surface area contributed by atoms with Crippen LogP contribution in [0.4, 0.5) is 5.82 Å². The van der Waals surface area contributed by atoms with E-state index in [1.54, 1.807) is 6.07 Å². The van der Waals surface area contributed by atoms with Crippen LogP contribution in [0.25, 0.3) is 0 Å². The molecule has 3 N–H and O–H groups in total. The van der Waals surface area contributed by atoms with E-state index in [1.807, 2.05) is 0 Å². The first-order valence-electron chi connectivity index (χ1n) is 5.57. The molecular formula is C11H15N3O3. The molecule has 92 valence electrons. The van der Waals surface area contributed by atoms with E-state index in [1.165, 1.54) is 6.07 Å². The van der Waals surface area contributed by atoms with Crippen molar-refractivity contribution in [2.75, 3.05) is 18.5 Å². The monoisotopic (exact) mass is 237 g/mol. The van der Waals surface area contributed by atoms with E-state index in [0.29, 0.717) is 5.82 Å². The summed E-state index contributed by atoms with van der Waals surface area (Å²) in [7, 11) is 0. The Labute approximate surface area is 98.7 Å². The first-order chi connectivity index (χ1) is 8.15. The van der Waals surface area contributed by atoms with Crippen molar-refractivity contribution in [3.05, 3.63) is 17.8 Å². The fraction of sp³-hybridized carbons (Fsp3) is 0.545. The zero-order valence-electron chi connectivity index (χ0n) is 9.39. The van der Waals surface area contributed by atoms with Gasteiger partial charge in [-0.05, 0) is 36.8 Å². The van der Waals surface area contributed by atoms with Crippen LogP contribution in [0.3, 0.4) is 0 Å². The Morgan fingerprint density at radius 1 is 1.41 bits per heavy atom. The standard InChI is InChI=1S/C11H15N3O3/c15-6-5-11(3-4-11)7-12-9-2-1-8(10(16)17)13-14-9/h1-2,15H,3-7H2,(H,12,14)(H,16,17). The maximum Gasteiger partial charge on any atom is 0.356 e. The van der Waals surface area contributed by atoms with E-state index in [0.717, 1.165) is 25.8 Å². The van der Waals surface area contributed by atoms with Gasteiger partial charge < -0.3 is 15.5 Å². The molecule has 6 nitrogen and oxygen atoms in total. The fourth-order valence-electron chi connectivity index (χ4n) is 1.75. The van der Waals surface area contributed by atoms with Gasteiger partial charge >= 0.3 is 5.97 Å². The maximum atomic E-state index is 10.6. The summed E-state index contributed by atoms with van der Waals surface area (Å²) in [6.45, 7) is 0.944. The third kappa shape index (κ3) is 2.91. The molecule has 0 radical (unpaired) electrons. The van der Waals surface area contributed by atoms with Gasteiger partial charge in [0.15, 0.2) is 5.69 Å². The molecule has 1 heterocycles. The number of anilines is 1. The highest BCUT2D eigenvalue weighted by Crippen LogP contribution is 2.48. The van der Waals surface area contributed by atoms with E-state index in [9.17, 15) is 4.79 Å². The average Bonchev–Trinajstić information content (AvgIpc) is 3.08. The van der Waals surface area contributed by atoms with Crippen LogP contribution in [0.15, 0.2) is 12.1 Å². The molecule has 1 aliphatic rings. The molecule has 0 unspecified atom stereocenters. The molecule has 1 aromatic rings. The van der Waals surface area contributed by atoms with Gasteiger partial charge in [-0.25, -0.2) is 4.79 Å². The van der Waals surface area contributed by atoms with Gasteiger partial charge in [0.05, 0.1) is 0 Å². The summed E-state index contributed by atoms with van der Waals surface area (Å²) in [4.78, 5) is 10.6. The molecule has 0 bridgehead atoms. The number of hydrogen-bond donors (Lipinski definition) is 3. The number of carboxylic acids is 1. The van der Waals surface area contributed by atoms with E-state index >= 15 is 0 Å². The van der Waals surface area contributed by atoms with Gasteiger partial charge in [-0.3, -0.25) is 0 Å². The normalized spacial score (nSPS) is 16.5. The zero-order valence-corrected chi connectivity index (χ0v) is 9.39. The highest BCUT2D eigenvalue weighted by Gasteiger charge is 2.41. The number of nitrogens with zero attached hydrogens (tertiary/aromatic N) is 2. The molecule has 6 heteroatoms. The molecule has 1 aromatic heterocycles. The lowest BCUT2D eigenvalue weighted by Crippen LogP contribution is -2.17. The minimum Gasteiger partial charge on any atom is -0.476 e. The van der Waals surface area contributed by atoms with Crippen molar-refractivity contribution in [1.82, 2.24) is 10.2 Å². The lowest BCUT2D eigenvalue weighted by atomic mass is 10.0. The van der Waals surface area contributed by atoms with Crippen LogP contribution in [0.2, 0.25) is 0 Å². The number of hydrogen-bond acceptors (Lipinski definition) is 5. The number of nitrogens with one attached hydrogen (secondary N) is 1. The Morgan fingerprint density at radius 2 is 2.18 bits per heavy atom. The Morgan fingerprint density at radius 3 is 2.65 bits per heavy atom. The van der Waals surface area contributed by atoms with Gasteiger partial charge in [-0.2, -0.15) is 0 Å². The number of carboxylic acid groups (broad SMARTS) is 1. The summed E-state index contributed by atoms with van der Waals surface area (Å²) in [5.74, 6) is -0.512. The summed E-state index contributed by atoms with van der Waals surface area (Å²) in [6, 6.07) is 3.02. The molecule has 1 aliphatic carbocycles. The van der Waals surface area contributed by atoms with Crippen molar-refractivity contribution in [3.8, 4) is 0 Å². The number of aromatic carboxylic acids is 1. The van der Waals surface area contributed by atoms with Crippen molar-refractivity contribution >= 4 is 11.8 Å².